The van der Waals surface area contributed by atoms with Crippen molar-refractivity contribution in [2.24, 2.45) is 17.3 Å². The highest BCUT2D eigenvalue weighted by molar-refractivity contribution is 4.88. The molecule has 0 aliphatic carbocycles. The molecule has 3 heteroatoms. The van der Waals surface area contributed by atoms with E-state index in [9.17, 15) is 0 Å². The molecule has 0 aromatic carbocycles. The largest absolute Gasteiger partial charge is 0.385 e. The minimum Gasteiger partial charge on any atom is -0.385 e. The van der Waals surface area contributed by atoms with Crippen molar-refractivity contribution in [1.82, 2.24) is 5.32 Å². The second-order valence-electron chi connectivity index (χ2n) is 7.89. The van der Waals surface area contributed by atoms with Crippen molar-refractivity contribution in [2.75, 3.05) is 33.4 Å². The zero-order valence-corrected chi connectivity index (χ0v) is 15.6. The van der Waals surface area contributed by atoms with Crippen LogP contribution in [-0.4, -0.2) is 39.5 Å². The average molecular weight is 314 g/mol. The number of methoxy groups -OCH3 is 1. The van der Waals surface area contributed by atoms with E-state index in [1.54, 1.807) is 7.11 Å². The molecule has 1 aliphatic heterocycles. The third-order valence-electron chi connectivity index (χ3n) is 5.13. The van der Waals surface area contributed by atoms with E-state index in [0.29, 0.717) is 17.4 Å². The molecule has 22 heavy (non-hydrogen) atoms. The van der Waals surface area contributed by atoms with Gasteiger partial charge in [0.1, 0.15) is 0 Å². The zero-order valence-electron chi connectivity index (χ0n) is 15.6. The minimum absolute atomic E-state index is 0.453. The van der Waals surface area contributed by atoms with Crippen LogP contribution in [-0.2, 0) is 9.47 Å². The molecule has 1 heterocycles. The summed E-state index contributed by atoms with van der Waals surface area (Å²) < 4.78 is 11.1. The molecule has 1 rings (SSSR count). The molecule has 0 radical (unpaired) electrons. The molecule has 0 spiro atoms. The summed E-state index contributed by atoms with van der Waals surface area (Å²) >= 11 is 0. The molecule has 0 unspecified atom stereocenters. The first-order chi connectivity index (χ1) is 10.5. The Morgan fingerprint density at radius 3 is 2.59 bits per heavy atom. The van der Waals surface area contributed by atoms with Crippen LogP contribution in [0.1, 0.15) is 66.2 Å². The summed E-state index contributed by atoms with van der Waals surface area (Å²) in [7, 11) is 1.77. The Bertz CT molecular complexity index is 281. The number of nitrogens with one attached hydrogen (secondary N) is 1. The predicted molar refractivity (Wildman–Crippen MR) is 94.3 cm³/mol. The molecule has 0 amide bonds. The molecule has 1 saturated heterocycles. The monoisotopic (exact) mass is 313 g/mol. The van der Waals surface area contributed by atoms with Crippen LogP contribution in [0.5, 0.6) is 0 Å². The quantitative estimate of drug-likeness (QED) is 0.578. The molecule has 2 atom stereocenters. The van der Waals surface area contributed by atoms with E-state index in [1.807, 2.05) is 0 Å². The van der Waals surface area contributed by atoms with Gasteiger partial charge in [0.15, 0.2) is 0 Å². The standard InChI is InChI=1S/C19H39NO2/c1-16(2)7-8-19(9-12-20-11-6-13-21-5)10-14-22-18(15-19)17(3)4/h16-18,20H,6-15H2,1-5H3/t18-,19-/m0/s1. The topological polar surface area (TPSA) is 30.5 Å². The van der Waals surface area contributed by atoms with E-state index in [0.717, 1.165) is 38.6 Å². The second kappa shape index (κ2) is 10.6. The lowest BCUT2D eigenvalue weighted by Crippen LogP contribution is -2.40. The molecule has 1 N–H and O–H groups in total. The minimum atomic E-state index is 0.453. The molecule has 1 aliphatic rings. The smallest absolute Gasteiger partial charge is 0.0603 e. The van der Waals surface area contributed by atoms with E-state index in [1.165, 1.54) is 32.1 Å². The Balaban J connectivity index is 2.47. The Hall–Kier alpha value is -0.120. The van der Waals surface area contributed by atoms with E-state index in [-0.39, 0.29) is 0 Å². The van der Waals surface area contributed by atoms with Gasteiger partial charge in [0.25, 0.3) is 0 Å². The molecule has 0 bridgehead atoms. The zero-order chi connectivity index (χ0) is 16.4. The molecule has 0 saturated carbocycles. The summed E-state index contributed by atoms with van der Waals surface area (Å²) in [6.45, 7) is 13.3. The highest BCUT2D eigenvalue weighted by Crippen LogP contribution is 2.43. The van der Waals surface area contributed by atoms with Crippen molar-refractivity contribution in [2.45, 2.75) is 72.3 Å². The Kier molecular flexibility index (Phi) is 9.62. The Morgan fingerprint density at radius 2 is 1.95 bits per heavy atom. The van der Waals surface area contributed by atoms with Crippen LogP contribution in [0.3, 0.4) is 0 Å². The highest BCUT2D eigenvalue weighted by Gasteiger charge is 2.37. The molecule has 3 nitrogen and oxygen atoms in total. The number of rotatable bonds is 11. The molecule has 132 valence electrons. The third kappa shape index (κ3) is 7.43. The maximum absolute atomic E-state index is 6.02. The first-order valence-corrected chi connectivity index (χ1v) is 9.30. The van der Waals surface area contributed by atoms with E-state index >= 15 is 0 Å². The van der Waals surface area contributed by atoms with Crippen molar-refractivity contribution in [3.8, 4) is 0 Å². The molecule has 0 aromatic heterocycles. The number of hydrogen-bond donors (Lipinski definition) is 1. The predicted octanol–water partition coefficient (Wildman–Crippen LogP) is 4.26. The summed E-state index contributed by atoms with van der Waals surface area (Å²) in [5.41, 5.74) is 0.492. The van der Waals surface area contributed by atoms with Gasteiger partial charge in [-0.1, -0.05) is 34.1 Å². The van der Waals surface area contributed by atoms with E-state index in [4.69, 9.17) is 9.47 Å². The molecular formula is C19H39NO2. The van der Waals surface area contributed by atoms with E-state index < -0.39 is 0 Å². The van der Waals surface area contributed by atoms with Gasteiger partial charge in [0.2, 0.25) is 0 Å². The van der Waals surface area contributed by atoms with Crippen molar-refractivity contribution < 1.29 is 9.47 Å². The Labute approximate surface area is 138 Å². The van der Waals surface area contributed by atoms with Gasteiger partial charge in [-0.3, -0.25) is 0 Å². The maximum atomic E-state index is 6.02. The fourth-order valence-corrected chi connectivity index (χ4v) is 3.44. The lowest BCUT2D eigenvalue weighted by molar-refractivity contribution is -0.0761. The summed E-state index contributed by atoms with van der Waals surface area (Å²) in [6.07, 6.45) is 8.03. The normalized spacial score (nSPS) is 26.0. The average Bonchev–Trinajstić information content (AvgIpc) is 2.49. The van der Waals surface area contributed by atoms with E-state index in [2.05, 4.69) is 33.0 Å². The van der Waals surface area contributed by atoms with Crippen LogP contribution in [0.2, 0.25) is 0 Å². The van der Waals surface area contributed by atoms with Gasteiger partial charge in [-0.2, -0.15) is 0 Å². The summed E-state index contributed by atoms with van der Waals surface area (Å²) in [4.78, 5) is 0. The number of ether oxygens (including phenoxy) is 2. The van der Waals surface area contributed by atoms with Crippen LogP contribution < -0.4 is 5.32 Å². The fourth-order valence-electron chi connectivity index (χ4n) is 3.44. The van der Waals surface area contributed by atoms with Crippen molar-refractivity contribution >= 4 is 0 Å². The summed E-state index contributed by atoms with van der Waals surface area (Å²) in [5, 5.41) is 3.60. The van der Waals surface area contributed by atoms with Gasteiger partial charge >= 0.3 is 0 Å². The van der Waals surface area contributed by atoms with Crippen molar-refractivity contribution in [3.05, 3.63) is 0 Å². The molecular weight excluding hydrogens is 274 g/mol. The lowest BCUT2D eigenvalue weighted by Gasteiger charge is -2.43. The van der Waals surface area contributed by atoms with Gasteiger partial charge in [-0.25, -0.2) is 0 Å². The Morgan fingerprint density at radius 1 is 1.18 bits per heavy atom. The van der Waals surface area contributed by atoms with Crippen LogP contribution in [0.25, 0.3) is 0 Å². The van der Waals surface area contributed by atoms with Crippen LogP contribution in [0.4, 0.5) is 0 Å². The lowest BCUT2D eigenvalue weighted by atomic mass is 9.69. The SMILES string of the molecule is COCCCNCC[C@@]1(CCC(C)C)CCO[C@H](C(C)C)C1. The second-order valence-corrected chi connectivity index (χ2v) is 7.89. The van der Waals surface area contributed by atoms with Crippen molar-refractivity contribution in [1.29, 1.82) is 0 Å². The van der Waals surface area contributed by atoms with Crippen LogP contribution in [0.15, 0.2) is 0 Å². The summed E-state index contributed by atoms with van der Waals surface area (Å²) in [6, 6.07) is 0. The maximum Gasteiger partial charge on any atom is 0.0603 e. The molecule has 1 fully saturated rings. The van der Waals surface area contributed by atoms with Crippen molar-refractivity contribution in [3.63, 3.8) is 0 Å². The van der Waals surface area contributed by atoms with Gasteiger partial charge in [-0.05, 0) is 62.4 Å². The van der Waals surface area contributed by atoms with Gasteiger partial charge in [-0.15, -0.1) is 0 Å². The summed E-state index contributed by atoms with van der Waals surface area (Å²) in [5.74, 6) is 1.43. The number of hydrogen-bond acceptors (Lipinski definition) is 3. The fraction of sp³-hybridized carbons (Fsp3) is 1.00. The highest BCUT2D eigenvalue weighted by atomic mass is 16.5. The van der Waals surface area contributed by atoms with Gasteiger partial charge in [0.05, 0.1) is 6.10 Å². The first kappa shape index (κ1) is 19.9. The van der Waals surface area contributed by atoms with Gasteiger partial charge in [0, 0.05) is 20.3 Å². The van der Waals surface area contributed by atoms with Crippen LogP contribution >= 0.6 is 0 Å². The first-order valence-electron chi connectivity index (χ1n) is 9.30. The van der Waals surface area contributed by atoms with Gasteiger partial charge < -0.3 is 14.8 Å². The molecule has 0 aromatic rings. The van der Waals surface area contributed by atoms with Crippen LogP contribution in [0, 0.1) is 17.3 Å². The third-order valence-corrected chi connectivity index (χ3v) is 5.13.